The Bertz CT molecular complexity index is 263. The summed E-state index contributed by atoms with van der Waals surface area (Å²) in [5, 5.41) is 9.49. The number of carbonyl (C=O) groups is 1. The number of aliphatic carboxylic acids is 1. The van der Waals surface area contributed by atoms with Crippen molar-refractivity contribution in [2.45, 2.75) is 50.9 Å². The molecule has 2 heterocycles. The molecule has 0 radical (unpaired) electrons. The van der Waals surface area contributed by atoms with Crippen molar-refractivity contribution in [3.63, 3.8) is 0 Å². The third-order valence-corrected chi connectivity index (χ3v) is 3.75. The lowest BCUT2D eigenvalue weighted by Gasteiger charge is -2.36. The fourth-order valence-electron chi connectivity index (χ4n) is 3.01. The van der Waals surface area contributed by atoms with Crippen LogP contribution in [-0.4, -0.2) is 46.8 Å². The van der Waals surface area contributed by atoms with Gasteiger partial charge in [0.15, 0.2) is 0 Å². The predicted molar refractivity (Wildman–Crippen MR) is 55.8 cm³/mol. The third kappa shape index (κ3) is 1.56. The molecule has 3 unspecified atom stereocenters. The van der Waals surface area contributed by atoms with Gasteiger partial charge in [0.1, 0.15) is 5.54 Å². The van der Waals surface area contributed by atoms with E-state index in [1.165, 1.54) is 0 Å². The zero-order valence-electron chi connectivity index (χ0n) is 9.40. The van der Waals surface area contributed by atoms with Crippen molar-refractivity contribution in [2.75, 3.05) is 13.1 Å². The van der Waals surface area contributed by atoms with E-state index < -0.39 is 11.5 Å². The van der Waals surface area contributed by atoms with Crippen LogP contribution in [0.4, 0.5) is 0 Å². The van der Waals surface area contributed by atoms with Crippen LogP contribution in [0.25, 0.3) is 0 Å². The highest BCUT2D eigenvalue weighted by Gasteiger charge is 2.55. The van der Waals surface area contributed by atoms with Crippen LogP contribution in [0.1, 0.15) is 33.1 Å². The SMILES string of the molecule is CC1CC(C(=O)O)(N2CCCC2)C(C)O1. The Balaban J connectivity index is 2.27. The summed E-state index contributed by atoms with van der Waals surface area (Å²) in [5.41, 5.74) is -0.768. The van der Waals surface area contributed by atoms with Gasteiger partial charge in [-0.3, -0.25) is 9.69 Å². The molecule has 0 aromatic carbocycles. The lowest BCUT2D eigenvalue weighted by molar-refractivity contribution is -0.154. The molecule has 2 fully saturated rings. The van der Waals surface area contributed by atoms with E-state index >= 15 is 0 Å². The molecule has 0 bridgehead atoms. The van der Waals surface area contributed by atoms with Gasteiger partial charge >= 0.3 is 5.97 Å². The minimum absolute atomic E-state index is 0.0525. The smallest absolute Gasteiger partial charge is 0.326 e. The maximum absolute atomic E-state index is 11.5. The van der Waals surface area contributed by atoms with E-state index in [1.807, 2.05) is 13.8 Å². The van der Waals surface area contributed by atoms with Crippen LogP contribution in [0.2, 0.25) is 0 Å². The first kappa shape index (κ1) is 10.9. The van der Waals surface area contributed by atoms with Gasteiger partial charge in [-0.15, -0.1) is 0 Å². The van der Waals surface area contributed by atoms with Crippen LogP contribution >= 0.6 is 0 Å². The molecule has 0 amide bonds. The molecular formula is C11H19NO3. The van der Waals surface area contributed by atoms with Crippen LogP contribution in [0.5, 0.6) is 0 Å². The van der Waals surface area contributed by atoms with Gasteiger partial charge in [-0.05, 0) is 39.8 Å². The normalized spacial score (nSPS) is 42.3. The Labute approximate surface area is 90.2 Å². The lowest BCUT2D eigenvalue weighted by Crippen LogP contribution is -2.58. The molecule has 4 heteroatoms. The second kappa shape index (κ2) is 3.76. The van der Waals surface area contributed by atoms with E-state index in [4.69, 9.17) is 4.74 Å². The Kier molecular flexibility index (Phi) is 2.73. The number of hydrogen-bond acceptors (Lipinski definition) is 3. The topological polar surface area (TPSA) is 49.8 Å². The first-order valence-electron chi connectivity index (χ1n) is 5.71. The second-order valence-electron chi connectivity index (χ2n) is 4.72. The maximum Gasteiger partial charge on any atom is 0.326 e. The maximum atomic E-state index is 11.5. The molecule has 3 atom stereocenters. The monoisotopic (exact) mass is 213 g/mol. The molecule has 2 rings (SSSR count). The van der Waals surface area contributed by atoms with Gasteiger partial charge in [0.25, 0.3) is 0 Å². The Morgan fingerprint density at radius 3 is 2.40 bits per heavy atom. The summed E-state index contributed by atoms with van der Waals surface area (Å²) < 4.78 is 5.63. The Morgan fingerprint density at radius 1 is 1.40 bits per heavy atom. The lowest BCUT2D eigenvalue weighted by atomic mass is 9.88. The zero-order chi connectivity index (χ0) is 11.1. The summed E-state index contributed by atoms with van der Waals surface area (Å²) in [6, 6.07) is 0. The number of carboxylic acids is 1. The second-order valence-corrected chi connectivity index (χ2v) is 4.72. The molecule has 86 valence electrons. The van der Waals surface area contributed by atoms with Gasteiger partial charge in [0.2, 0.25) is 0 Å². The molecule has 15 heavy (non-hydrogen) atoms. The van der Waals surface area contributed by atoms with Gasteiger partial charge < -0.3 is 9.84 Å². The van der Waals surface area contributed by atoms with E-state index in [-0.39, 0.29) is 12.2 Å². The molecule has 2 aliphatic heterocycles. The number of rotatable bonds is 2. The van der Waals surface area contributed by atoms with Crippen LogP contribution in [0, 0.1) is 0 Å². The van der Waals surface area contributed by atoms with Crippen molar-refractivity contribution in [3.8, 4) is 0 Å². The van der Waals surface area contributed by atoms with E-state index in [1.54, 1.807) is 0 Å². The zero-order valence-corrected chi connectivity index (χ0v) is 9.40. The summed E-state index contributed by atoms with van der Waals surface area (Å²) in [5.74, 6) is -0.721. The first-order valence-corrected chi connectivity index (χ1v) is 5.71. The number of nitrogens with zero attached hydrogens (tertiary/aromatic N) is 1. The molecular weight excluding hydrogens is 194 g/mol. The summed E-state index contributed by atoms with van der Waals surface area (Å²) in [6.45, 7) is 5.63. The Hall–Kier alpha value is -0.610. The quantitative estimate of drug-likeness (QED) is 0.746. The average molecular weight is 213 g/mol. The van der Waals surface area contributed by atoms with Gasteiger partial charge in [-0.25, -0.2) is 0 Å². The molecule has 2 saturated heterocycles. The standard InChI is InChI=1S/C11H19NO3/c1-8-7-11(10(13)14,9(2)15-8)12-5-3-4-6-12/h8-9H,3-7H2,1-2H3,(H,13,14). The van der Waals surface area contributed by atoms with E-state index in [0.717, 1.165) is 25.9 Å². The van der Waals surface area contributed by atoms with Crippen LogP contribution in [-0.2, 0) is 9.53 Å². The third-order valence-electron chi connectivity index (χ3n) is 3.75. The van der Waals surface area contributed by atoms with Crippen molar-refractivity contribution in [1.82, 2.24) is 4.90 Å². The summed E-state index contributed by atoms with van der Waals surface area (Å²) >= 11 is 0. The molecule has 2 aliphatic rings. The van der Waals surface area contributed by atoms with Gasteiger partial charge in [-0.2, -0.15) is 0 Å². The van der Waals surface area contributed by atoms with Gasteiger partial charge in [0.05, 0.1) is 12.2 Å². The first-order chi connectivity index (χ1) is 7.07. The van der Waals surface area contributed by atoms with Gasteiger partial charge in [0, 0.05) is 6.42 Å². The number of carboxylic acid groups (broad SMARTS) is 1. The molecule has 0 aliphatic carbocycles. The number of likely N-dealkylation sites (tertiary alicyclic amines) is 1. The average Bonchev–Trinajstić information content (AvgIpc) is 2.72. The van der Waals surface area contributed by atoms with Crippen LogP contribution in [0.15, 0.2) is 0 Å². The highest BCUT2D eigenvalue weighted by molar-refractivity contribution is 5.80. The minimum Gasteiger partial charge on any atom is -0.480 e. The molecule has 0 saturated carbocycles. The largest absolute Gasteiger partial charge is 0.480 e. The minimum atomic E-state index is -0.768. The molecule has 0 aromatic rings. The number of ether oxygens (including phenoxy) is 1. The highest BCUT2D eigenvalue weighted by Crippen LogP contribution is 2.38. The molecule has 0 aromatic heterocycles. The predicted octanol–water partition coefficient (Wildman–Crippen LogP) is 1.10. The molecule has 0 spiro atoms. The fourth-order valence-corrected chi connectivity index (χ4v) is 3.01. The van der Waals surface area contributed by atoms with Crippen molar-refractivity contribution in [3.05, 3.63) is 0 Å². The van der Waals surface area contributed by atoms with E-state index in [9.17, 15) is 9.90 Å². The van der Waals surface area contributed by atoms with Crippen molar-refractivity contribution < 1.29 is 14.6 Å². The molecule has 1 N–H and O–H groups in total. The summed E-state index contributed by atoms with van der Waals surface area (Å²) in [6.07, 6.45) is 2.68. The van der Waals surface area contributed by atoms with Crippen molar-refractivity contribution >= 4 is 5.97 Å². The fraction of sp³-hybridized carbons (Fsp3) is 0.909. The highest BCUT2D eigenvalue weighted by atomic mass is 16.5. The summed E-state index contributed by atoms with van der Waals surface area (Å²) in [7, 11) is 0. The Morgan fingerprint density at radius 2 is 2.00 bits per heavy atom. The van der Waals surface area contributed by atoms with E-state index in [0.29, 0.717) is 6.42 Å². The molecule has 4 nitrogen and oxygen atoms in total. The van der Waals surface area contributed by atoms with Crippen LogP contribution in [0.3, 0.4) is 0 Å². The number of hydrogen-bond donors (Lipinski definition) is 1. The van der Waals surface area contributed by atoms with E-state index in [2.05, 4.69) is 4.90 Å². The van der Waals surface area contributed by atoms with Crippen molar-refractivity contribution in [1.29, 1.82) is 0 Å². The van der Waals surface area contributed by atoms with Gasteiger partial charge in [-0.1, -0.05) is 0 Å². The summed E-state index contributed by atoms with van der Waals surface area (Å²) in [4.78, 5) is 13.6. The van der Waals surface area contributed by atoms with Crippen LogP contribution < -0.4 is 0 Å². The van der Waals surface area contributed by atoms with Crippen molar-refractivity contribution in [2.24, 2.45) is 0 Å².